The number of rotatable bonds is 0. The molecule has 0 aliphatic heterocycles. The number of hydrogen-bond donors (Lipinski definition) is 0. The van der Waals surface area contributed by atoms with E-state index in [4.69, 9.17) is 5.26 Å². The minimum Gasteiger partial charge on any atom is -0.192 e. The third-order valence-corrected chi connectivity index (χ3v) is 2.74. The van der Waals surface area contributed by atoms with Crippen molar-refractivity contribution in [3.8, 4) is 29.8 Å². The van der Waals surface area contributed by atoms with Crippen LogP contribution < -0.4 is 0 Å². The molecule has 80 valence electrons. The average molecular weight is 225 g/mol. The Morgan fingerprint density at radius 1 is 0.722 bits per heavy atom. The van der Waals surface area contributed by atoms with E-state index in [9.17, 15) is 0 Å². The van der Waals surface area contributed by atoms with Crippen molar-refractivity contribution < 1.29 is 0 Å². The minimum absolute atomic E-state index is 0.610. The molecule has 0 saturated carbocycles. The molecule has 0 amide bonds. The van der Waals surface area contributed by atoms with E-state index in [0.29, 0.717) is 5.56 Å². The zero-order chi connectivity index (χ0) is 12.4. The third kappa shape index (κ3) is 1.73. The summed E-state index contributed by atoms with van der Waals surface area (Å²) in [4.78, 5) is 0. The van der Waals surface area contributed by atoms with Gasteiger partial charge in [0.25, 0.3) is 0 Å². The van der Waals surface area contributed by atoms with E-state index in [1.165, 1.54) is 0 Å². The van der Waals surface area contributed by atoms with Gasteiger partial charge in [-0.25, -0.2) is 0 Å². The quantitative estimate of drug-likeness (QED) is 0.539. The van der Waals surface area contributed by atoms with Crippen molar-refractivity contribution in [1.82, 2.24) is 0 Å². The highest BCUT2D eigenvalue weighted by atomic mass is 14.2. The Hall–Kier alpha value is -2.95. The highest BCUT2D eigenvalue weighted by Gasteiger charge is 2.03. The van der Waals surface area contributed by atoms with E-state index in [1.54, 1.807) is 12.1 Å². The van der Waals surface area contributed by atoms with Gasteiger partial charge in [0, 0.05) is 22.3 Å². The molecule has 2 aromatic rings. The van der Waals surface area contributed by atoms with Crippen LogP contribution in [0, 0.1) is 35.0 Å². The number of benzene rings is 2. The van der Waals surface area contributed by atoms with Crippen LogP contribution in [-0.2, 0) is 0 Å². The summed E-state index contributed by atoms with van der Waals surface area (Å²) in [5, 5.41) is 8.89. The number of hydrogen-bond acceptors (Lipinski definition) is 1. The van der Waals surface area contributed by atoms with Crippen LogP contribution in [-0.4, -0.2) is 0 Å². The lowest BCUT2D eigenvalue weighted by molar-refractivity contribution is 1.46. The predicted molar refractivity (Wildman–Crippen MR) is 69.6 cm³/mol. The summed E-state index contributed by atoms with van der Waals surface area (Å²) < 4.78 is 0. The van der Waals surface area contributed by atoms with E-state index in [0.717, 1.165) is 22.3 Å². The fraction of sp³-hybridized carbons (Fsp3) is 0. The fourth-order valence-corrected chi connectivity index (χ4v) is 1.80. The van der Waals surface area contributed by atoms with Crippen LogP contribution >= 0.6 is 0 Å². The summed E-state index contributed by atoms with van der Waals surface area (Å²) in [5.74, 6) is 12.4. The van der Waals surface area contributed by atoms with Gasteiger partial charge in [0.1, 0.15) is 0 Å². The average Bonchev–Trinajstić information content (AvgIpc) is 2.41. The maximum absolute atomic E-state index is 8.89. The SMILES string of the molecule is N#Cc1ccc2c(c1)C#Cc1ccccc1C#C2. The Labute approximate surface area is 106 Å². The van der Waals surface area contributed by atoms with Crippen LogP contribution in [0.25, 0.3) is 0 Å². The number of nitrogens with zero attached hydrogens (tertiary/aromatic N) is 1. The van der Waals surface area contributed by atoms with Gasteiger partial charge in [0.15, 0.2) is 0 Å². The van der Waals surface area contributed by atoms with Crippen molar-refractivity contribution in [2.45, 2.75) is 0 Å². The van der Waals surface area contributed by atoms with E-state index in [-0.39, 0.29) is 0 Å². The van der Waals surface area contributed by atoms with Crippen LogP contribution in [0.4, 0.5) is 0 Å². The van der Waals surface area contributed by atoms with Gasteiger partial charge in [-0.2, -0.15) is 5.26 Å². The molecule has 0 bridgehead atoms. The van der Waals surface area contributed by atoms with Crippen LogP contribution in [0.15, 0.2) is 42.5 Å². The maximum atomic E-state index is 8.89. The van der Waals surface area contributed by atoms with Gasteiger partial charge in [0.2, 0.25) is 0 Å². The molecule has 1 aliphatic rings. The highest BCUT2D eigenvalue weighted by Crippen LogP contribution is 2.13. The molecule has 1 aliphatic carbocycles. The minimum atomic E-state index is 0.610. The molecule has 18 heavy (non-hydrogen) atoms. The lowest BCUT2D eigenvalue weighted by atomic mass is 10.0. The Morgan fingerprint density at radius 2 is 1.28 bits per heavy atom. The van der Waals surface area contributed by atoms with Gasteiger partial charge >= 0.3 is 0 Å². The first kappa shape index (κ1) is 10.2. The lowest BCUT2D eigenvalue weighted by Crippen LogP contribution is -1.90. The van der Waals surface area contributed by atoms with Crippen molar-refractivity contribution in [2.75, 3.05) is 0 Å². The summed E-state index contributed by atoms with van der Waals surface area (Å²) in [6, 6.07) is 15.3. The molecule has 0 spiro atoms. The molecule has 0 N–H and O–H groups in total. The van der Waals surface area contributed by atoms with Gasteiger partial charge in [-0.3, -0.25) is 0 Å². The molecule has 0 atom stereocenters. The Balaban J connectivity index is 2.23. The molecule has 0 saturated heterocycles. The highest BCUT2D eigenvalue weighted by molar-refractivity contribution is 5.61. The summed E-state index contributed by atoms with van der Waals surface area (Å²) in [7, 11) is 0. The topological polar surface area (TPSA) is 23.8 Å². The molecule has 1 nitrogen and oxygen atoms in total. The second-order valence-electron chi connectivity index (χ2n) is 3.92. The molecule has 0 unspecified atom stereocenters. The maximum Gasteiger partial charge on any atom is 0.0992 e. The Bertz CT molecular complexity index is 799. The van der Waals surface area contributed by atoms with Crippen LogP contribution in [0.1, 0.15) is 27.8 Å². The van der Waals surface area contributed by atoms with Gasteiger partial charge < -0.3 is 0 Å². The van der Waals surface area contributed by atoms with Gasteiger partial charge in [-0.05, 0) is 30.3 Å². The molecular weight excluding hydrogens is 218 g/mol. The zero-order valence-corrected chi connectivity index (χ0v) is 9.49. The number of nitriles is 1. The van der Waals surface area contributed by atoms with Crippen molar-refractivity contribution >= 4 is 0 Å². The van der Waals surface area contributed by atoms with Crippen molar-refractivity contribution in [3.63, 3.8) is 0 Å². The first-order chi connectivity index (χ1) is 8.86. The smallest absolute Gasteiger partial charge is 0.0992 e. The van der Waals surface area contributed by atoms with Crippen molar-refractivity contribution in [3.05, 3.63) is 70.3 Å². The zero-order valence-electron chi connectivity index (χ0n) is 9.49. The standard InChI is InChI=1S/C17H7N/c18-12-13-5-6-16-8-7-14-3-1-2-4-15(14)9-10-17(16)11-13/h1-6,11H. The molecule has 2 aromatic carbocycles. The third-order valence-electron chi connectivity index (χ3n) is 2.74. The molecule has 0 aromatic heterocycles. The second-order valence-corrected chi connectivity index (χ2v) is 3.92. The number of fused-ring (bicyclic) bond motifs is 2. The summed E-state index contributed by atoms with van der Waals surface area (Å²) in [5.41, 5.74) is 4.17. The largest absolute Gasteiger partial charge is 0.192 e. The van der Waals surface area contributed by atoms with Gasteiger partial charge in [-0.1, -0.05) is 35.8 Å². The first-order valence-electron chi connectivity index (χ1n) is 5.54. The van der Waals surface area contributed by atoms with Crippen LogP contribution in [0.3, 0.4) is 0 Å². The molecule has 0 heterocycles. The van der Waals surface area contributed by atoms with E-state index in [1.807, 2.05) is 30.3 Å². The molecular formula is C17H7N. The van der Waals surface area contributed by atoms with Crippen molar-refractivity contribution in [2.24, 2.45) is 0 Å². The lowest BCUT2D eigenvalue weighted by Gasteiger charge is -2.01. The Morgan fingerprint density at radius 3 is 1.89 bits per heavy atom. The summed E-state index contributed by atoms with van der Waals surface area (Å²) in [6.07, 6.45) is 0. The molecule has 1 heteroatoms. The molecule has 0 radical (unpaired) electrons. The van der Waals surface area contributed by atoms with E-state index in [2.05, 4.69) is 29.8 Å². The van der Waals surface area contributed by atoms with Gasteiger partial charge in [-0.15, -0.1) is 0 Å². The summed E-state index contributed by atoms with van der Waals surface area (Å²) >= 11 is 0. The molecule has 3 rings (SSSR count). The monoisotopic (exact) mass is 225 g/mol. The molecule has 0 fully saturated rings. The van der Waals surface area contributed by atoms with Crippen molar-refractivity contribution in [1.29, 1.82) is 5.26 Å². The van der Waals surface area contributed by atoms with Gasteiger partial charge in [0.05, 0.1) is 11.6 Å². The summed E-state index contributed by atoms with van der Waals surface area (Å²) in [6.45, 7) is 0. The van der Waals surface area contributed by atoms with E-state index < -0.39 is 0 Å². The normalized spacial score (nSPS) is 10.2. The van der Waals surface area contributed by atoms with Crippen LogP contribution in [0.2, 0.25) is 0 Å². The second kappa shape index (κ2) is 4.14. The van der Waals surface area contributed by atoms with E-state index >= 15 is 0 Å². The first-order valence-corrected chi connectivity index (χ1v) is 5.54. The Kier molecular flexibility index (Phi) is 2.35. The fourth-order valence-electron chi connectivity index (χ4n) is 1.80. The predicted octanol–water partition coefficient (Wildman–Crippen LogP) is 2.67. The van der Waals surface area contributed by atoms with Crippen LogP contribution in [0.5, 0.6) is 0 Å².